The van der Waals surface area contributed by atoms with Gasteiger partial charge in [-0.05, 0) is 33.2 Å². The molecule has 0 bridgehead atoms. The Bertz CT molecular complexity index is 248. The normalized spacial score (nSPS) is 21.1. The maximum atomic E-state index is 11.4. The van der Waals surface area contributed by atoms with E-state index in [4.69, 9.17) is 9.47 Å². The van der Waals surface area contributed by atoms with E-state index in [2.05, 4.69) is 11.8 Å². The van der Waals surface area contributed by atoms with Crippen LogP contribution in [0, 0.1) is 0 Å². The molecule has 5 nitrogen and oxygen atoms in total. The molecule has 1 aliphatic rings. The molecule has 5 heteroatoms. The lowest BCUT2D eigenvalue weighted by atomic mass is 10.2. The molecule has 0 N–H and O–H groups in total. The number of unbranched alkanes of at least 4 members (excludes halogenated alkanes) is 1. The first-order chi connectivity index (χ1) is 8.69. The minimum absolute atomic E-state index is 0.210. The van der Waals surface area contributed by atoms with Crippen LogP contribution in [0.5, 0.6) is 0 Å². The fourth-order valence-electron chi connectivity index (χ4n) is 2.29. The minimum Gasteiger partial charge on any atom is -0.453 e. The number of carbonyl (C=O) groups is 1. The van der Waals surface area contributed by atoms with Crippen molar-refractivity contribution in [3.05, 3.63) is 0 Å². The second kappa shape index (κ2) is 8.32. The van der Waals surface area contributed by atoms with E-state index in [1.54, 1.807) is 4.90 Å². The summed E-state index contributed by atoms with van der Waals surface area (Å²) in [6.45, 7) is 9.39. The predicted octanol–water partition coefficient (Wildman–Crippen LogP) is 1.58. The first-order valence-corrected chi connectivity index (χ1v) is 6.83. The van der Waals surface area contributed by atoms with E-state index in [1.807, 2.05) is 6.92 Å². The fraction of sp³-hybridized carbons (Fsp3) is 0.923. The van der Waals surface area contributed by atoms with Crippen LogP contribution < -0.4 is 0 Å². The van der Waals surface area contributed by atoms with Crippen LogP contribution >= 0.6 is 0 Å². The number of rotatable bonds is 6. The zero-order valence-corrected chi connectivity index (χ0v) is 11.9. The molecule has 0 radical (unpaired) electrons. The summed E-state index contributed by atoms with van der Waals surface area (Å²) in [7, 11) is 1.44. The summed E-state index contributed by atoms with van der Waals surface area (Å²) in [4.78, 5) is 15.6. The zero-order valence-electron chi connectivity index (χ0n) is 11.9. The summed E-state index contributed by atoms with van der Waals surface area (Å²) < 4.78 is 10.1. The zero-order chi connectivity index (χ0) is 13.4. The molecule has 1 amide bonds. The highest BCUT2D eigenvalue weighted by atomic mass is 16.5. The lowest BCUT2D eigenvalue weighted by molar-refractivity contribution is 0.0629. The molecular formula is C13H26N2O3. The topological polar surface area (TPSA) is 42.0 Å². The van der Waals surface area contributed by atoms with Crippen LogP contribution in [-0.4, -0.2) is 68.4 Å². The Morgan fingerprint density at radius 2 is 2.11 bits per heavy atom. The summed E-state index contributed by atoms with van der Waals surface area (Å²) in [6.07, 6.45) is 2.05. The van der Waals surface area contributed by atoms with Crippen molar-refractivity contribution in [1.82, 2.24) is 9.80 Å². The van der Waals surface area contributed by atoms with Gasteiger partial charge in [-0.2, -0.15) is 0 Å². The number of ether oxygens (including phenoxy) is 2. The molecule has 0 aliphatic carbocycles. The number of hydrogen-bond donors (Lipinski definition) is 0. The van der Waals surface area contributed by atoms with Crippen LogP contribution in [-0.2, 0) is 9.47 Å². The van der Waals surface area contributed by atoms with E-state index < -0.39 is 0 Å². The second-order valence-corrected chi connectivity index (χ2v) is 4.71. The van der Waals surface area contributed by atoms with E-state index in [1.165, 1.54) is 7.11 Å². The van der Waals surface area contributed by atoms with Gasteiger partial charge in [0.05, 0.1) is 7.11 Å². The molecule has 1 aliphatic heterocycles. The molecule has 0 aromatic heterocycles. The quantitative estimate of drug-likeness (QED) is 0.678. The highest BCUT2D eigenvalue weighted by molar-refractivity contribution is 5.67. The Kier molecular flexibility index (Phi) is 7.05. The number of hydrogen-bond acceptors (Lipinski definition) is 4. The molecule has 18 heavy (non-hydrogen) atoms. The average molecular weight is 258 g/mol. The van der Waals surface area contributed by atoms with Crippen LogP contribution in [0.25, 0.3) is 0 Å². The van der Waals surface area contributed by atoms with Gasteiger partial charge >= 0.3 is 6.09 Å². The van der Waals surface area contributed by atoms with Gasteiger partial charge in [0.15, 0.2) is 0 Å². The van der Waals surface area contributed by atoms with E-state index in [0.717, 1.165) is 52.2 Å². The maximum absolute atomic E-state index is 11.4. The van der Waals surface area contributed by atoms with Gasteiger partial charge in [-0.3, -0.25) is 4.90 Å². The van der Waals surface area contributed by atoms with Crippen molar-refractivity contribution in [2.24, 2.45) is 0 Å². The van der Waals surface area contributed by atoms with Gasteiger partial charge in [-0.1, -0.05) is 0 Å². The number of nitrogens with zero attached hydrogens (tertiary/aromatic N) is 2. The molecule has 1 saturated heterocycles. The molecule has 1 rings (SSSR count). The van der Waals surface area contributed by atoms with Crippen molar-refractivity contribution < 1.29 is 14.3 Å². The summed E-state index contributed by atoms with van der Waals surface area (Å²) in [6, 6.07) is 0.407. The SMILES string of the molecule is CCOCCCCN1CCN(C(=O)OC)C[C@@H]1C. The smallest absolute Gasteiger partial charge is 0.409 e. The highest BCUT2D eigenvalue weighted by Crippen LogP contribution is 2.11. The Morgan fingerprint density at radius 3 is 2.72 bits per heavy atom. The van der Waals surface area contributed by atoms with Crippen molar-refractivity contribution in [1.29, 1.82) is 0 Å². The van der Waals surface area contributed by atoms with Gasteiger partial charge in [0, 0.05) is 38.9 Å². The van der Waals surface area contributed by atoms with Gasteiger partial charge < -0.3 is 14.4 Å². The maximum Gasteiger partial charge on any atom is 0.409 e. The number of piperazine rings is 1. The fourth-order valence-corrected chi connectivity index (χ4v) is 2.29. The van der Waals surface area contributed by atoms with Crippen LogP contribution in [0.3, 0.4) is 0 Å². The molecule has 0 saturated carbocycles. The number of methoxy groups -OCH3 is 1. The Balaban J connectivity index is 2.19. The average Bonchev–Trinajstić information content (AvgIpc) is 2.39. The van der Waals surface area contributed by atoms with Crippen LogP contribution in [0.2, 0.25) is 0 Å². The van der Waals surface area contributed by atoms with E-state index in [0.29, 0.717) is 6.04 Å². The summed E-state index contributed by atoms with van der Waals surface area (Å²) >= 11 is 0. The van der Waals surface area contributed by atoms with Crippen LogP contribution in [0.1, 0.15) is 26.7 Å². The number of carbonyl (C=O) groups excluding carboxylic acids is 1. The molecule has 1 heterocycles. The van der Waals surface area contributed by atoms with E-state index >= 15 is 0 Å². The van der Waals surface area contributed by atoms with Crippen molar-refractivity contribution >= 4 is 6.09 Å². The first-order valence-electron chi connectivity index (χ1n) is 6.83. The van der Waals surface area contributed by atoms with Gasteiger partial charge in [0.1, 0.15) is 0 Å². The van der Waals surface area contributed by atoms with Crippen molar-refractivity contribution in [3.8, 4) is 0 Å². The van der Waals surface area contributed by atoms with Crippen molar-refractivity contribution in [2.45, 2.75) is 32.7 Å². The third-order valence-corrected chi connectivity index (χ3v) is 3.39. The van der Waals surface area contributed by atoms with Gasteiger partial charge in [0.2, 0.25) is 0 Å². The summed E-state index contributed by atoms with van der Waals surface area (Å²) in [5, 5.41) is 0. The molecule has 1 atom stereocenters. The van der Waals surface area contributed by atoms with Crippen LogP contribution in [0.4, 0.5) is 4.79 Å². The molecule has 0 aromatic rings. The lowest BCUT2D eigenvalue weighted by Gasteiger charge is -2.39. The summed E-state index contributed by atoms with van der Waals surface area (Å²) in [5.41, 5.74) is 0. The number of amides is 1. The molecule has 0 spiro atoms. The standard InChI is InChI=1S/C13H26N2O3/c1-4-18-10-6-5-7-14-8-9-15(11-12(14)2)13(16)17-3/h12H,4-11H2,1-3H3/t12-/m0/s1. The van der Waals surface area contributed by atoms with Crippen molar-refractivity contribution in [3.63, 3.8) is 0 Å². The highest BCUT2D eigenvalue weighted by Gasteiger charge is 2.26. The largest absolute Gasteiger partial charge is 0.453 e. The summed E-state index contributed by atoms with van der Waals surface area (Å²) in [5.74, 6) is 0. The van der Waals surface area contributed by atoms with E-state index in [-0.39, 0.29) is 6.09 Å². The van der Waals surface area contributed by atoms with Crippen molar-refractivity contribution in [2.75, 3.05) is 46.5 Å². The van der Waals surface area contributed by atoms with E-state index in [9.17, 15) is 4.79 Å². The molecule has 106 valence electrons. The first kappa shape index (κ1) is 15.2. The Labute approximate surface area is 110 Å². The minimum atomic E-state index is -0.210. The Hall–Kier alpha value is -0.810. The predicted molar refractivity (Wildman–Crippen MR) is 70.7 cm³/mol. The molecular weight excluding hydrogens is 232 g/mol. The molecule has 0 aromatic carbocycles. The lowest BCUT2D eigenvalue weighted by Crippen LogP contribution is -2.53. The van der Waals surface area contributed by atoms with Gasteiger partial charge in [-0.25, -0.2) is 4.79 Å². The van der Waals surface area contributed by atoms with Gasteiger partial charge in [-0.15, -0.1) is 0 Å². The second-order valence-electron chi connectivity index (χ2n) is 4.71. The van der Waals surface area contributed by atoms with Gasteiger partial charge in [0.25, 0.3) is 0 Å². The monoisotopic (exact) mass is 258 g/mol. The third-order valence-electron chi connectivity index (χ3n) is 3.39. The molecule has 1 fully saturated rings. The van der Waals surface area contributed by atoms with Crippen LogP contribution in [0.15, 0.2) is 0 Å². The molecule has 0 unspecified atom stereocenters. The third kappa shape index (κ3) is 4.82. The Morgan fingerprint density at radius 1 is 1.33 bits per heavy atom.